The van der Waals surface area contributed by atoms with Crippen LogP contribution in [0.4, 0.5) is 10.7 Å². The first-order valence-corrected chi connectivity index (χ1v) is 11.0. The molecule has 172 valence electrons. The fourth-order valence-electron chi connectivity index (χ4n) is 2.94. The van der Waals surface area contributed by atoms with Gasteiger partial charge < -0.3 is 19.5 Å². The molecule has 9 nitrogen and oxygen atoms in total. The Morgan fingerprint density at radius 3 is 2.21 bits per heavy atom. The molecule has 33 heavy (non-hydrogen) atoms. The Bertz CT molecular complexity index is 1120. The van der Waals surface area contributed by atoms with E-state index in [1.165, 1.54) is 35.6 Å². The van der Waals surface area contributed by atoms with Crippen LogP contribution in [0, 0.1) is 10.1 Å². The molecule has 0 aliphatic carbocycles. The van der Waals surface area contributed by atoms with Gasteiger partial charge in [0.15, 0.2) is 6.61 Å². The van der Waals surface area contributed by atoms with Crippen LogP contribution in [0.3, 0.4) is 0 Å². The number of nitrogens with one attached hydrogen (secondary N) is 1. The Labute approximate surface area is 194 Å². The fourth-order valence-corrected chi connectivity index (χ4v) is 3.91. The molecule has 0 bridgehead atoms. The summed E-state index contributed by atoms with van der Waals surface area (Å²) >= 11 is 1.20. The van der Waals surface area contributed by atoms with E-state index in [0.717, 1.165) is 5.56 Å². The van der Waals surface area contributed by atoms with Gasteiger partial charge in [0.05, 0.1) is 18.1 Å². The lowest BCUT2D eigenvalue weighted by Gasteiger charge is -2.10. The highest BCUT2D eigenvalue weighted by atomic mass is 32.1. The summed E-state index contributed by atoms with van der Waals surface area (Å²) in [6, 6.07) is 12.7. The minimum atomic E-state index is -0.547. The molecule has 0 saturated heterocycles. The van der Waals surface area contributed by atoms with E-state index in [1.54, 1.807) is 12.3 Å². The highest BCUT2D eigenvalue weighted by molar-refractivity contribution is 7.15. The molecule has 0 fully saturated rings. The van der Waals surface area contributed by atoms with Gasteiger partial charge in [0.2, 0.25) is 0 Å². The minimum absolute atomic E-state index is 0.0775. The normalized spacial score (nSPS) is 10.4. The van der Waals surface area contributed by atoms with Gasteiger partial charge in [-0.15, -0.1) is 11.3 Å². The molecule has 10 heteroatoms. The lowest BCUT2D eigenvalue weighted by molar-refractivity contribution is -0.384. The topological polar surface area (TPSA) is 117 Å². The number of hydrogen-bond donors (Lipinski definition) is 1. The van der Waals surface area contributed by atoms with Crippen LogP contribution in [-0.4, -0.2) is 36.6 Å². The van der Waals surface area contributed by atoms with Crippen molar-refractivity contribution in [3.05, 3.63) is 69.6 Å². The Kier molecular flexibility index (Phi) is 7.98. The number of carbonyl (C=O) groups is 2. The SMILES string of the molecule is CCOC(=O)c1c(-c2ccc(OCC)cc2)csc1NC(=O)COc1ccc([N+](=O)[O-])cc1. The Balaban J connectivity index is 1.75. The number of nitro benzene ring substituents is 1. The number of hydrogen-bond acceptors (Lipinski definition) is 8. The molecule has 0 aliphatic rings. The van der Waals surface area contributed by atoms with Crippen molar-refractivity contribution in [3.63, 3.8) is 0 Å². The third kappa shape index (κ3) is 6.07. The first-order valence-electron chi connectivity index (χ1n) is 10.1. The van der Waals surface area contributed by atoms with Crippen molar-refractivity contribution < 1.29 is 28.7 Å². The van der Waals surface area contributed by atoms with E-state index >= 15 is 0 Å². The van der Waals surface area contributed by atoms with Gasteiger partial charge >= 0.3 is 5.97 Å². The third-order valence-corrected chi connectivity index (χ3v) is 5.31. The summed E-state index contributed by atoms with van der Waals surface area (Å²) in [7, 11) is 0. The van der Waals surface area contributed by atoms with Crippen LogP contribution in [0.2, 0.25) is 0 Å². The summed E-state index contributed by atoms with van der Waals surface area (Å²) in [4.78, 5) is 35.3. The van der Waals surface area contributed by atoms with Crippen molar-refractivity contribution in [1.29, 1.82) is 0 Å². The Morgan fingerprint density at radius 2 is 1.61 bits per heavy atom. The van der Waals surface area contributed by atoms with Gasteiger partial charge in [-0.1, -0.05) is 12.1 Å². The van der Waals surface area contributed by atoms with E-state index in [4.69, 9.17) is 14.2 Å². The molecule has 1 amide bonds. The van der Waals surface area contributed by atoms with Gasteiger partial charge in [0, 0.05) is 23.1 Å². The zero-order valence-electron chi connectivity index (χ0n) is 18.0. The smallest absolute Gasteiger partial charge is 0.341 e. The van der Waals surface area contributed by atoms with Gasteiger partial charge in [0.1, 0.15) is 22.1 Å². The van der Waals surface area contributed by atoms with Crippen molar-refractivity contribution in [3.8, 4) is 22.6 Å². The van der Waals surface area contributed by atoms with Gasteiger partial charge in [0.25, 0.3) is 11.6 Å². The molecule has 0 atom stereocenters. The van der Waals surface area contributed by atoms with Gasteiger partial charge in [-0.2, -0.15) is 0 Å². The number of nitrogens with zero attached hydrogens (tertiary/aromatic N) is 1. The molecule has 1 N–H and O–H groups in total. The number of non-ortho nitro benzene ring substituents is 1. The van der Waals surface area contributed by atoms with Crippen molar-refractivity contribution in [1.82, 2.24) is 0 Å². The van der Waals surface area contributed by atoms with E-state index in [9.17, 15) is 19.7 Å². The molecule has 0 saturated carbocycles. The average molecular weight is 471 g/mol. The number of carbonyl (C=O) groups excluding carboxylic acids is 2. The van der Waals surface area contributed by atoms with Crippen molar-refractivity contribution >= 4 is 33.9 Å². The predicted molar refractivity (Wildman–Crippen MR) is 124 cm³/mol. The number of benzene rings is 2. The van der Waals surface area contributed by atoms with E-state index in [-0.39, 0.29) is 24.5 Å². The number of ether oxygens (including phenoxy) is 3. The molecular weight excluding hydrogens is 448 g/mol. The van der Waals surface area contributed by atoms with Crippen LogP contribution in [0.5, 0.6) is 11.5 Å². The average Bonchev–Trinajstić information content (AvgIpc) is 3.22. The summed E-state index contributed by atoms with van der Waals surface area (Å²) < 4.78 is 16.0. The number of thiophene rings is 1. The second-order valence-corrected chi connectivity index (χ2v) is 7.50. The predicted octanol–water partition coefficient (Wildman–Crippen LogP) is 4.92. The maximum atomic E-state index is 12.7. The van der Waals surface area contributed by atoms with Crippen molar-refractivity contribution in [2.24, 2.45) is 0 Å². The molecule has 1 heterocycles. The molecule has 2 aromatic carbocycles. The lowest BCUT2D eigenvalue weighted by Crippen LogP contribution is -2.21. The van der Waals surface area contributed by atoms with E-state index in [0.29, 0.717) is 28.7 Å². The van der Waals surface area contributed by atoms with Crippen LogP contribution in [0.1, 0.15) is 24.2 Å². The van der Waals surface area contributed by atoms with Gasteiger partial charge in [-0.3, -0.25) is 14.9 Å². The summed E-state index contributed by atoms with van der Waals surface area (Å²) in [5.41, 5.74) is 1.59. The maximum absolute atomic E-state index is 12.7. The zero-order valence-corrected chi connectivity index (χ0v) is 18.8. The number of anilines is 1. The first kappa shape index (κ1) is 23.7. The van der Waals surface area contributed by atoms with Crippen molar-refractivity contribution in [2.75, 3.05) is 25.1 Å². The highest BCUT2D eigenvalue weighted by Crippen LogP contribution is 2.37. The molecular formula is C23H22N2O7S. The quantitative estimate of drug-likeness (QED) is 0.254. The molecule has 3 aromatic rings. The molecule has 0 unspecified atom stereocenters. The van der Waals surface area contributed by atoms with Gasteiger partial charge in [-0.25, -0.2) is 4.79 Å². The molecule has 0 radical (unpaired) electrons. The Hall–Kier alpha value is -3.92. The van der Waals surface area contributed by atoms with Crippen LogP contribution < -0.4 is 14.8 Å². The van der Waals surface area contributed by atoms with Crippen LogP contribution in [0.15, 0.2) is 53.9 Å². The second kappa shape index (κ2) is 11.1. The largest absolute Gasteiger partial charge is 0.494 e. The second-order valence-electron chi connectivity index (χ2n) is 6.62. The minimum Gasteiger partial charge on any atom is -0.494 e. The number of nitro groups is 1. The molecule has 0 aliphatic heterocycles. The summed E-state index contributed by atoms with van der Waals surface area (Å²) in [6.45, 7) is 4.00. The Morgan fingerprint density at radius 1 is 0.970 bits per heavy atom. The summed E-state index contributed by atoms with van der Waals surface area (Å²) in [5.74, 6) is -0.0121. The standard InChI is InChI=1S/C23H22N2O7S/c1-3-30-17-9-5-15(6-10-17)19-14-33-22(21(19)23(27)31-4-2)24-20(26)13-32-18-11-7-16(8-12-18)25(28)29/h5-12,14H,3-4,13H2,1-2H3,(H,24,26). The number of amides is 1. The van der Waals surface area contributed by atoms with E-state index in [1.807, 2.05) is 31.2 Å². The van der Waals surface area contributed by atoms with Crippen LogP contribution in [0.25, 0.3) is 11.1 Å². The number of esters is 1. The molecule has 0 spiro atoms. The fraction of sp³-hybridized carbons (Fsp3) is 0.217. The van der Waals surface area contributed by atoms with Gasteiger partial charge in [-0.05, 0) is 43.7 Å². The first-order chi connectivity index (χ1) is 15.9. The molecule has 3 rings (SSSR count). The van der Waals surface area contributed by atoms with Crippen LogP contribution in [-0.2, 0) is 9.53 Å². The lowest BCUT2D eigenvalue weighted by atomic mass is 10.0. The number of rotatable bonds is 10. The highest BCUT2D eigenvalue weighted by Gasteiger charge is 2.23. The van der Waals surface area contributed by atoms with E-state index < -0.39 is 16.8 Å². The zero-order chi connectivity index (χ0) is 23.8. The van der Waals surface area contributed by atoms with Crippen LogP contribution >= 0.6 is 11.3 Å². The monoisotopic (exact) mass is 470 g/mol. The van der Waals surface area contributed by atoms with Crippen molar-refractivity contribution in [2.45, 2.75) is 13.8 Å². The summed E-state index contributed by atoms with van der Waals surface area (Å²) in [6.07, 6.45) is 0. The van der Waals surface area contributed by atoms with E-state index in [2.05, 4.69) is 5.32 Å². The third-order valence-electron chi connectivity index (χ3n) is 4.42. The summed E-state index contributed by atoms with van der Waals surface area (Å²) in [5, 5.41) is 15.5. The maximum Gasteiger partial charge on any atom is 0.341 e. The molecule has 1 aromatic heterocycles.